The van der Waals surface area contributed by atoms with Gasteiger partial charge in [-0.15, -0.1) is 0 Å². The summed E-state index contributed by atoms with van der Waals surface area (Å²) < 4.78 is 18.3. The van der Waals surface area contributed by atoms with Crippen molar-refractivity contribution in [3.05, 3.63) is 88.5 Å². The van der Waals surface area contributed by atoms with E-state index in [2.05, 4.69) is 34.6 Å². The van der Waals surface area contributed by atoms with Crippen molar-refractivity contribution in [1.82, 2.24) is 10.3 Å². The van der Waals surface area contributed by atoms with Crippen molar-refractivity contribution in [2.45, 2.75) is 51.7 Å². The Kier molecular flexibility index (Phi) is 6.80. The average molecular weight is 511 g/mol. The van der Waals surface area contributed by atoms with E-state index in [1.807, 2.05) is 71.0 Å². The molecule has 0 spiro atoms. The topological polar surface area (TPSA) is 95.7 Å². The third-order valence-corrected chi connectivity index (χ3v) is 7.76. The quantitative estimate of drug-likeness (QED) is 0.423. The Morgan fingerprint density at radius 1 is 1.05 bits per heavy atom. The van der Waals surface area contributed by atoms with Crippen molar-refractivity contribution >= 4 is 25.1 Å². The lowest BCUT2D eigenvalue weighted by Gasteiger charge is -2.32. The fourth-order valence-electron chi connectivity index (χ4n) is 4.94. The predicted octanol–water partition coefficient (Wildman–Crippen LogP) is 5.53. The first-order valence-electron chi connectivity index (χ1n) is 12.9. The molecule has 1 aliphatic heterocycles. The van der Waals surface area contributed by atoms with E-state index in [1.165, 1.54) is 22.3 Å². The van der Waals surface area contributed by atoms with Gasteiger partial charge in [-0.2, -0.15) is 0 Å². The van der Waals surface area contributed by atoms with Gasteiger partial charge in [0.2, 0.25) is 0 Å². The summed E-state index contributed by atoms with van der Waals surface area (Å²) in [5.41, 5.74) is 12.2. The smallest absolute Gasteiger partial charge is 0.449 e. The molecule has 8 heteroatoms. The van der Waals surface area contributed by atoms with E-state index in [1.54, 1.807) is 6.20 Å². The first-order chi connectivity index (χ1) is 18.1. The molecule has 0 atom stereocenters. The van der Waals surface area contributed by atoms with Crippen LogP contribution in [0.15, 0.2) is 66.3 Å². The van der Waals surface area contributed by atoms with Crippen molar-refractivity contribution in [3.8, 4) is 11.1 Å². The van der Waals surface area contributed by atoms with Gasteiger partial charge >= 0.3 is 13.2 Å². The molecule has 0 unspecified atom stereocenters. The van der Waals surface area contributed by atoms with E-state index < -0.39 is 24.4 Å². The van der Waals surface area contributed by atoms with Gasteiger partial charge in [0.25, 0.3) is 0 Å². The number of alkyl carbamates (subject to hydrolysis) is 1. The van der Waals surface area contributed by atoms with Crippen LogP contribution in [0.5, 0.6) is 0 Å². The molecule has 1 fully saturated rings. The highest BCUT2D eigenvalue weighted by Crippen LogP contribution is 2.44. The second-order valence-electron chi connectivity index (χ2n) is 11.0. The molecule has 1 aliphatic carbocycles. The van der Waals surface area contributed by atoms with Crippen molar-refractivity contribution in [2.75, 3.05) is 18.9 Å². The van der Waals surface area contributed by atoms with Crippen molar-refractivity contribution in [2.24, 2.45) is 0 Å². The maximum atomic E-state index is 12.9. The normalized spacial score (nSPS) is 17.7. The number of benzene rings is 2. The number of anilines is 1. The SMILES string of the molecule is Cc1cnc(N)c(C=C(CNC(=O)OCC2c3ccccc3-c3ccccc32)B2OC(C)(C)C(C)(C)O2)c1. The molecule has 7 nitrogen and oxygen atoms in total. The molecule has 3 N–H and O–H groups in total. The lowest BCUT2D eigenvalue weighted by molar-refractivity contribution is 0.00578. The average Bonchev–Trinajstić information content (AvgIpc) is 3.31. The van der Waals surface area contributed by atoms with E-state index >= 15 is 0 Å². The molecule has 5 rings (SSSR count). The molecular formula is C30H34BN3O4. The number of rotatable bonds is 6. The molecule has 0 bridgehead atoms. The van der Waals surface area contributed by atoms with Crippen LogP contribution in [0.4, 0.5) is 10.6 Å². The van der Waals surface area contributed by atoms with Crippen LogP contribution in [0.2, 0.25) is 0 Å². The fraction of sp³-hybridized carbons (Fsp3) is 0.333. The Balaban J connectivity index is 1.31. The van der Waals surface area contributed by atoms with E-state index in [9.17, 15) is 4.79 Å². The Hall–Kier alpha value is -3.62. The number of fused-ring (bicyclic) bond motifs is 3. The number of ether oxygens (including phenoxy) is 1. The highest BCUT2D eigenvalue weighted by atomic mass is 16.7. The van der Waals surface area contributed by atoms with Crippen LogP contribution < -0.4 is 11.1 Å². The maximum Gasteiger partial charge on any atom is 0.492 e. The minimum Gasteiger partial charge on any atom is -0.449 e. The van der Waals surface area contributed by atoms with Gasteiger partial charge in [0.1, 0.15) is 12.4 Å². The number of carbonyl (C=O) groups excluding carboxylic acids is 1. The summed E-state index contributed by atoms with van der Waals surface area (Å²) in [5.74, 6) is 0.384. The van der Waals surface area contributed by atoms with Crippen molar-refractivity contribution in [3.63, 3.8) is 0 Å². The maximum absolute atomic E-state index is 12.9. The number of nitrogens with zero attached hydrogens (tertiary/aromatic N) is 1. The van der Waals surface area contributed by atoms with E-state index in [4.69, 9.17) is 19.8 Å². The van der Waals surface area contributed by atoms with Gasteiger partial charge in [-0.3, -0.25) is 0 Å². The number of aromatic nitrogens is 1. The summed E-state index contributed by atoms with van der Waals surface area (Å²) in [7, 11) is -0.659. The van der Waals surface area contributed by atoms with Crippen LogP contribution in [0.25, 0.3) is 17.2 Å². The number of aryl methyl sites for hydroxylation is 1. The molecule has 38 heavy (non-hydrogen) atoms. The number of nitrogen functional groups attached to an aromatic ring is 1. The molecule has 1 aromatic heterocycles. The number of hydrogen-bond donors (Lipinski definition) is 2. The predicted molar refractivity (Wildman–Crippen MR) is 151 cm³/mol. The molecule has 2 heterocycles. The van der Waals surface area contributed by atoms with E-state index in [-0.39, 0.29) is 19.1 Å². The Morgan fingerprint density at radius 2 is 1.63 bits per heavy atom. The van der Waals surface area contributed by atoms with Crippen LogP contribution in [0.1, 0.15) is 55.9 Å². The summed E-state index contributed by atoms with van der Waals surface area (Å²) in [6, 6.07) is 18.5. The van der Waals surface area contributed by atoms with Gasteiger partial charge in [-0.05, 0) is 74.0 Å². The Morgan fingerprint density at radius 3 is 2.24 bits per heavy atom. The van der Waals surface area contributed by atoms with Gasteiger partial charge in [0.15, 0.2) is 0 Å². The standard InChI is InChI=1S/C30H34BN3O4/c1-19-14-20(27(32)33-16-19)15-21(31-37-29(2,3)30(4,5)38-31)17-34-28(35)36-18-26-24-12-8-6-10-22(24)23-11-7-9-13-25(23)26/h6-16,26H,17-18H2,1-5H3,(H2,32,33)(H,34,35). The fourth-order valence-corrected chi connectivity index (χ4v) is 4.94. The van der Waals surface area contributed by atoms with Crippen LogP contribution in [0.3, 0.4) is 0 Å². The lowest BCUT2D eigenvalue weighted by Crippen LogP contribution is -2.41. The molecular weight excluding hydrogens is 477 g/mol. The minimum absolute atomic E-state index is 0.00979. The summed E-state index contributed by atoms with van der Waals surface area (Å²) in [5, 5.41) is 2.89. The third-order valence-electron chi connectivity index (χ3n) is 7.76. The number of amides is 1. The van der Waals surface area contributed by atoms with Gasteiger partial charge in [-0.1, -0.05) is 54.6 Å². The van der Waals surface area contributed by atoms with Gasteiger partial charge in [0, 0.05) is 24.2 Å². The molecule has 2 aliphatic rings. The number of hydrogen-bond acceptors (Lipinski definition) is 6. The number of carbonyl (C=O) groups is 1. The Bertz CT molecular complexity index is 1340. The molecule has 3 aromatic rings. The Labute approximate surface area is 224 Å². The highest BCUT2D eigenvalue weighted by molar-refractivity contribution is 6.56. The monoisotopic (exact) mass is 511 g/mol. The van der Waals surface area contributed by atoms with Crippen molar-refractivity contribution in [1.29, 1.82) is 0 Å². The molecule has 0 radical (unpaired) electrons. The second kappa shape index (κ2) is 9.93. The molecule has 0 saturated carbocycles. The molecule has 196 valence electrons. The zero-order chi connectivity index (χ0) is 27.1. The lowest BCUT2D eigenvalue weighted by atomic mass is 9.77. The van der Waals surface area contributed by atoms with Gasteiger partial charge < -0.3 is 25.1 Å². The van der Waals surface area contributed by atoms with Crippen LogP contribution in [-0.2, 0) is 14.0 Å². The highest BCUT2D eigenvalue weighted by Gasteiger charge is 2.52. The zero-order valence-electron chi connectivity index (χ0n) is 22.6. The van der Waals surface area contributed by atoms with Crippen LogP contribution >= 0.6 is 0 Å². The minimum atomic E-state index is -0.659. The van der Waals surface area contributed by atoms with Crippen molar-refractivity contribution < 1.29 is 18.8 Å². The second-order valence-corrected chi connectivity index (χ2v) is 11.0. The largest absolute Gasteiger partial charge is 0.492 e. The molecule has 1 amide bonds. The number of nitrogens with one attached hydrogen (secondary N) is 1. The van der Waals surface area contributed by atoms with E-state index in [0.29, 0.717) is 5.82 Å². The third kappa shape index (κ3) is 4.94. The van der Waals surface area contributed by atoms with Crippen LogP contribution in [0, 0.1) is 6.92 Å². The summed E-state index contributed by atoms with van der Waals surface area (Å²) in [6.45, 7) is 10.3. The molecule has 2 aromatic carbocycles. The molecule has 1 saturated heterocycles. The number of nitrogens with two attached hydrogens (primary N) is 1. The summed E-state index contributed by atoms with van der Waals surface area (Å²) in [4.78, 5) is 17.2. The first-order valence-corrected chi connectivity index (χ1v) is 12.9. The van der Waals surface area contributed by atoms with Gasteiger partial charge in [0.05, 0.1) is 11.2 Å². The van der Waals surface area contributed by atoms with Crippen LogP contribution in [-0.4, -0.2) is 42.5 Å². The zero-order valence-corrected chi connectivity index (χ0v) is 22.6. The number of pyridine rings is 1. The summed E-state index contributed by atoms with van der Waals surface area (Å²) >= 11 is 0. The van der Waals surface area contributed by atoms with E-state index in [0.717, 1.165) is 16.6 Å². The first kappa shape index (κ1) is 26.0. The summed E-state index contributed by atoms with van der Waals surface area (Å²) in [6.07, 6.45) is 3.08. The van der Waals surface area contributed by atoms with Gasteiger partial charge in [-0.25, -0.2) is 9.78 Å².